The summed E-state index contributed by atoms with van der Waals surface area (Å²) in [6.07, 6.45) is 4.68. The number of hydrogen-bond donors (Lipinski definition) is 0. The Morgan fingerprint density at radius 2 is 1.89 bits per heavy atom. The van der Waals surface area contributed by atoms with Gasteiger partial charge in [-0.3, -0.25) is 0 Å². The predicted octanol–water partition coefficient (Wildman–Crippen LogP) is 4.98. The van der Waals surface area contributed by atoms with Gasteiger partial charge in [0.2, 0.25) is 0 Å². The van der Waals surface area contributed by atoms with Crippen LogP contribution in [0.2, 0.25) is 0 Å². The van der Waals surface area contributed by atoms with Crippen LogP contribution < -0.4 is 0 Å². The number of allylic oxidation sites excluding steroid dienone is 1. The van der Waals surface area contributed by atoms with Crippen molar-refractivity contribution >= 4 is 0 Å². The second-order valence-electron chi connectivity index (χ2n) is 5.52. The van der Waals surface area contributed by atoms with Crippen molar-refractivity contribution in [1.29, 1.82) is 0 Å². The Labute approximate surface area is 112 Å². The summed E-state index contributed by atoms with van der Waals surface area (Å²) in [6.45, 7) is 10.5. The minimum absolute atomic E-state index is 0.296. The topological polar surface area (TPSA) is 9.23 Å². The van der Waals surface area contributed by atoms with E-state index in [1.54, 1.807) is 0 Å². The van der Waals surface area contributed by atoms with Crippen LogP contribution in [-0.4, -0.2) is 6.61 Å². The lowest BCUT2D eigenvalue weighted by molar-refractivity contribution is 0.147. The number of ether oxygens (including phenoxy) is 1. The molecule has 100 valence electrons. The van der Waals surface area contributed by atoms with Crippen molar-refractivity contribution in [2.24, 2.45) is 5.41 Å². The van der Waals surface area contributed by atoms with Crippen molar-refractivity contribution in [3.05, 3.63) is 47.5 Å². The van der Waals surface area contributed by atoms with Gasteiger partial charge in [0.05, 0.1) is 13.2 Å². The van der Waals surface area contributed by atoms with E-state index in [4.69, 9.17) is 4.74 Å². The van der Waals surface area contributed by atoms with Gasteiger partial charge in [0.25, 0.3) is 0 Å². The minimum Gasteiger partial charge on any atom is -0.373 e. The lowest BCUT2D eigenvalue weighted by Crippen LogP contribution is -2.13. The van der Waals surface area contributed by atoms with Crippen molar-refractivity contribution in [2.45, 2.75) is 47.1 Å². The minimum atomic E-state index is 0.296. The summed E-state index contributed by atoms with van der Waals surface area (Å²) in [4.78, 5) is 0. The molecule has 0 heterocycles. The fourth-order valence-electron chi connectivity index (χ4n) is 2.03. The van der Waals surface area contributed by atoms with Gasteiger partial charge in [0.1, 0.15) is 0 Å². The van der Waals surface area contributed by atoms with Crippen molar-refractivity contribution in [2.75, 3.05) is 6.61 Å². The summed E-state index contributed by atoms with van der Waals surface area (Å²) >= 11 is 0. The Morgan fingerprint density at radius 1 is 1.22 bits per heavy atom. The largest absolute Gasteiger partial charge is 0.373 e. The summed E-state index contributed by atoms with van der Waals surface area (Å²) in [5, 5.41) is 0. The van der Waals surface area contributed by atoms with Crippen LogP contribution in [0.4, 0.5) is 0 Å². The molecule has 0 N–H and O–H groups in total. The monoisotopic (exact) mass is 246 g/mol. The van der Waals surface area contributed by atoms with Gasteiger partial charge in [-0.25, -0.2) is 0 Å². The van der Waals surface area contributed by atoms with Gasteiger partial charge in [0.15, 0.2) is 0 Å². The molecule has 0 aliphatic carbocycles. The van der Waals surface area contributed by atoms with Crippen molar-refractivity contribution in [1.82, 2.24) is 0 Å². The highest BCUT2D eigenvalue weighted by Gasteiger charge is 2.17. The second-order valence-corrected chi connectivity index (χ2v) is 5.52. The predicted molar refractivity (Wildman–Crippen MR) is 78.5 cm³/mol. The Kier molecular flexibility index (Phi) is 6.14. The maximum Gasteiger partial charge on any atom is 0.0721 e. The van der Waals surface area contributed by atoms with E-state index in [0.29, 0.717) is 18.6 Å². The van der Waals surface area contributed by atoms with Gasteiger partial charge in [-0.2, -0.15) is 0 Å². The molecule has 0 saturated heterocycles. The quantitative estimate of drug-likeness (QED) is 0.487. The van der Waals surface area contributed by atoms with Gasteiger partial charge in [-0.05, 0) is 24.3 Å². The molecule has 1 heteroatoms. The molecule has 0 aromatic heterocycles. The molecule has 18 heavy (non-hydrogen) atoms. The zero-order valence-electron chi connectivity index (χ0n) is 12.2. The fourth-order valence-corrected chi connectivity index (χ4v) is 2.03. The average Bonchev–Trinajstić information content (AvgIpc) is 2.35. The van der Waals surface area contributed by atoms with Crippen LogP contribution in [0.5, 0.6) is 0 Å². The zero-order chi connectivity index (χ0) is 13.4. The number of rotatable bonds is 7. The summed E-state index contributed by atoms with van der Waals surface area (Å²) < 4.78 is 5.69. The van der Waals surface area contributed by atoms with Gasteiger partial charge in [-0.15, -0.1) is 0 Å². The van der Waals surface area contributed by atoms with E-state index in [1.807, 2.05) is 18.2 Å². The molecule has 1 nitrogen and oxygen atoms in total. The summed E-state index contributed by atoms with van der Waals surface area (Å²) in [5.41, 5.74) is 2.96. The highest BCUT2D eigenvalue weighted by Crippen LogP contribution is 2.30. The molecule has 0 saturated carbocycles. The molecule has 1 aromatic carbocycles. The lowest BCUT2D eigenvalue weighted by atomic mass is 9.81. The van der Waals surface area contributed by atoms with Crippen LogP contribution in [0.1, 0.15) is 46.1 Å². The van der Waals surface area contributed by atoms with Crippen LogP contribution in [0.15, 0.2) is 42.0 Å². The third-order valence-corrected chi connectivity index (χ3v) is 3.56. The lowest BCUT2D eigenvalue weighted by Gasteiger charge is -2.25. The molecule has 1 aromatic rings. The maximum atomic E-state index is 5.69. The molecule has 0 aliphatic heterocycles. The molecule has 0 spiro atoms. The van der Waals surface area contributed by atoms with Gasteiger partial charge in [-0.1, -0.05) is 69.2 Å². The van der Waals surface area contributed by atoms with E-state index < -0.39 is 0 Å². The summed E-state index contributed by atoms with van der Waals surface area (Å²) in [5.74, 6) is 0. The Balaban J connectivity index is 2.36. The number of hydrogen-bond acceptors (Lipinski definition) is 1. The van der Waals surface area contributed by atoms with Crippen molar-refractivity contribution in [3.63, 3.8) is 0 Å². The first-order valence-electron chi connectivity index (χ1n) is 6.85. The van der Waals surface area contributed by atoms with E-state index in [2.05, 4.69) is 45.9 Å². The van der Waals surface area contributed by atoms with Crippen molar-refractivity contribution in [3.8, 4) is 0 Å². The SMILES string of the molecule is CCCC(C)(C)C(C)=CCOCc1ccccc1. The molecule has 0 atom stereocenters. The molecule has 0 amide bonds. The third-order valence-electron chi connectivity index (χ3n) is 3.56. The first-order chi connectivity index (χ1) is 8.56. The number of benzene rings is 1. The molecule has 0 bridgehead atoms. The normalized spacial score (nSPS) is 12.8. The fraction of sp³-hybridized carbons (Fsp3) is 0.529. The van der Waals surface area contributed by atoms with E-state index >= 15 is 0 Å². The average molecular weight is 246 g/mol. The van der Waals surface area contributed by atoms with E-state index in [1.165, 1.54) is 24.0 Å². The highest BCUT2D eigenvalue weighted by molar-refractivity contribution is 5.13. The van der Waals surface area contributed by atoms with E-state index in [0.717, 1.165) is 0 Å². The van der Waals surface area contributed by atoms with Crippen LogP contribution >= 0.6 is 0 Å². The zero-order valence-corrected chi connectivity index (χ0v) is 12.2. The molecule has 0 radical (unpaired) electrons. The van der Waals surface area contributed by atoms with Crippen LogP contribution in [0.25, 0.3) is 0 Å². The standard InChI is InChI=1S/C17H26O/c1-5-12-17(3,4)15(2)11-13-18-14-16-9-7-6-8-10-16/h6-11H,5,12-14H2,1-4H3. The smallest absolute Gasteiger partial charge is 0.0721 e. The Bertz CT molecular complexity index is 362. The second kappa shape index (κ2) is 7.38. The molecule has 0 fully saturated rings. The Hall–Kier alpha value is -1.08. The third kappa shape index (κ3) is 5.05. The van der Waals surface area contributed by atoms with E-state index in [9.17, 15) is 0 Å². The molecular weight excluding hydrogens is 220 g/mol. The van der Waals surface area contributed by atoms with Crippen LogP contribution in [0.3, 0.4) is 0 Å². The molecular formula is C17H26O. The molecule has 1 rings (SSSR count). The van der Waals surface area contributed by atoms with Crippen molar-refractivity contribution < 1.29 is 4.74 Å². The van der Waals surface area contributed by atoms with Gasteiger partial charge in [0, 0.05) is 0 Å². The highest BCUT2D eigenvalue weighted by atomic mass is 16.5. The van der Waals surface area contributed by atoms with Crippen LogP contribution in [-0.2, 0) is 11.3 Å². The van der Waals surface area contributed by atoms with E-state index in [-0.39, 0.29) is 0 Å². The summed E-state index contributed by atoms with van der Waals surface area (Å²) in [6, 6.07) is 10.3. The van der Waals surface area contributed by atoms with Gasteiger partial charge >= 0.3 is 0 Å². The summed E-state index contributed by atoms with van der Waals surface area (Å²) in [7, 11) is 0. The first kappa shape index (κ1) is 15.0. The molecule has 0 unspecified atom stereocenters. The first-order valence-corrected chi connectivity index (χ1v) is 6.85. The maximum absolute atomic E-state index is 5.69. The Morgan fingerprint density at radius 3 is 2.50 bits per heavy atom. The molecule has 0 aliphatic rings. The van der Waals surface area contributed by atoms with Gasteiger partial charge < -0.3 is 4.74 Å². The van der Waals surface area contributed by atoms with Crippen LogP contribution in [0, 0.1) is 5.41 Å².